The van der Waals surface area contributed by atoms with Crippen molar-refractivity contribution in [1.29, 1.82) is 0 Å². The van der Waals surface area contributed by atoms with Crippen LogP contribution < -0.4 is 5.32 Å². The van der Waals surface area contributed by atoms with Crippen molar-refractivity contribution in [3.63, 3.8) is 0 Å². The molecule has 0 rings (SSSR count). The van der Waals surface area contributed by atoms with Crippen molar-refractivity contribution >= 4 is 0 Å². The van der Waals surface area contributed by atoms with Crippen molar-refractivity contribution in [3.05, 3.63) is 0 Å². The minimum Gasteiger partial charge on any atom is -0.396 e. The average molecular weight is 161 g/mol. The molecule has 0 saturated heterocycles. The van der Waals surface area contributed by atoms with Gasteiger partial charge in [-0.3, -0.25) is 0 Å². The van der Waals surface area contributed by atoms with E-state index in [2.05, 4.69) is 19.2 Å². The lowest BCUT2D eigenvalue weighted by Crippen LogP contribution is -2.35. The molecule has 0 bridgehead atoms. The van der Waals surface area contributed by atoms with E-state index >= 15 is 0 Å². The molecule has 0 saturated carbocycles. The Morgan fingerprint density at radius 2 is 1.82 bits per heavy atom. The van der Waals surface area contributed by atoms with Crippen molar-refractivity contribution in [3.8, 4) is 0 Å². The smallest absolute Gasteiger partial charge is 0.0494 e. The fourth-order valence-corrected chi connectivity index (χ4v) is 0.536. The standard InChI is InChI=1S/C8H19NO.CH4/c1-7(2)9-5-8(3,4)6-10;/h7,9-10H,5-6H2,1-4H3;1H4. The second-order valence-corrected chi connectivity index (χ2v) is 3.86. The second kappa shape index (κ2) is 5.56. The van der Waals surface area contributed by atoms with Crippen LogP contribution in [0.25, 0.3) is 0 Å². The summed E-state index contributed by atoms with van der Waals surface area (Å²) in [6.07, 6.45) is 0. The Kier molecular flexibility index (Phi) is 6.82. The topological polar surface area (TPSA) is 32.3 Å². The number of hydrogen-bond donors (Lipinski definition) is 2. The second-order valence-electron chi connectivity index (χ2n) is 3.86. The van der Waals surface area contributed by atoms with Gasteiger partial charge in [-0.15, -0.1) is 0 Å². The molecule has 0 aliphatic rings. The normalized spacial score (nSPS) is 11.5. The average Bonchev–Trinajstić information content (AvgIpc) is 1.85. The molecule has 0 aromatic rings. The summed E-state index contributed by atoms with van der Waals surface area (Å²) in [4.78, 5) is 0. The molecule has 0 heterocycles. The summed E-state index contributed by atoms with van der Waals surface area (Å²) in [5, 5.41) is 12.1. The number of rotatable bonds is 4. The third-order valence-electron chi connectivity index (χ3n) is 1.42. The summed E-state index contributed by atoms with van der Waals surface area (Å²) in [5.74, 6) is 0. The first-order valence-electron chi connectivity index (χ1n) is 3.82. The summed E-state index contributed by atoms with van der Waals surface area (Å²) in [5.41, 5.74) is 0.0181. The lowest BCUT2D eigenvalue weighted by molar-refractivity contribution is 0.154. The van der Waals surface area contributed by atoms with Crippen molar-refractivity contribution in [2.24, 2.45) is 5.41 Å². The molecule has 70 valence electrons. The first kappa shape index (κ1) is 13.5. The fraction of sp³-hybridized carbons (Fsp3) is 1.00. The van der Waals surface area contributed by atoms with E-state index in [9.17, 15) is 0 Å². The highest BCUT2D eigenvalue weighted by Gasteiger charge is 2.15. The molecule has 0 aliphatic heterocycles. The van der Waals surface area contributed by atoms with Crippen LogP contribution in [0.1, 0.15) is 35.1 Å². The largest absolute Gasteiger partial charge is 0.396 e. The highest BCUT2D eigenvalue weighted by Crippen LogP contribution is 2.11. The van der Waals surface area contributed by atoms with E-state index in [0.29, 0.717) is 6.04 Å². The Balaban J connectivity index is 0. The van der Waals surface area contributed by atoms with Gasteiger partial charge in [0.2, 0.25) is 0 Å². The summed E-state index contributed by atoms with van der Waals surface area (Å²) in [6.45, 7) is 9.42. The summed E-state index contributed by atoms with van der Waals surface area (Å²) in [7, 11) is 0. The van der Waals surface area contributed by atoms with E-state index in [4.69, 9.17) is 5.11 Å². The predicted molar refractivity (Wildman–Crippen MR) is 50.7 cm³/mol. The molecule has 0 unspecified atom stereocenters. The maximum absolute atomic E-state index is 8.87. The Labute approximate surface area is 71.0 Å². The van der Waals surface area contributed by atoms with Gasteiger partial charge in [0.15, 0.2) is 0 Å². The third kappa shape index (κ3) is 7.82. The highest BCUT2D eigenvalue weighted by atomic mass is 16.3. The fourth-order valence-electron chi connectivity index (χ4n) is 0.536. The molecular weight excluding hydrogens is 138 g/mol. The molecule has 0 aromatic heterocycles. The van der Waals surface area contributed by atoms with Crippen LogP contribution in [0, 0.1) is 5.41 Å². The molecule has 2 heteroatoms. The number of hydrogen-bond acceptors (Lipinski definition) is 2. The molecule has 11 heavy (non-hydrogen) atoms. The van der Waals surface area contributed by atoms with Gasteiger partial charge in [-0.2, -0.15) is 0 Å². The Morgan fingerprint density at radius 1 is 1.36 bits per heavy atom. The van der Waals surface area contributed by atoms with E-state index in [-0.39, 0.29) is 19.4 Å². The lowest BCUT2D eigenvalue weighted by Gasteiger charge is -2.23. The quantitative estimate of drug-likeness (QED) is 0.657. The minimum atomic E-state index is 0. The molecule has 0 spiro atoms. The number of aliphatic hydroxyl groups is 1. The monoisotopic (exact) mass is 161 g/mol. The molecule has 2 N–H and O–H groups in total. The molecule has 2 nitrogen and oxygen atoms in total. The zero-order valence-electron chi connectivity index (χ0n) is 7.44. The Morgan fingerprint density at radius 3 is 2.09 bits per heavy atom. The van der Waals surface area contributed by atoms with Crippen LogP contribution in [0.5, 0.6) is 0 Å². The molecule has 0 fully saturated rings. The molecular formula is C9H23NO. The Hall–Kier alpha value is -0.0800. The van der Waals surface area contributed by atoms with Crippen molar-refractivity contribution in [1.82, 2.24) is 5.32 Å². The summed E-state index contributed by atoms with van der Waals surface area (Å²) >= 11 is 0. The lowest BCUT2D eigenvalue weighted by atomic mass is 9.95. The van der Waals surface area contributed by atoms with Crippen LogP contribution in [0.4, 0.5) is 0 Å². The summed E-state index contributed by atoms with van der Waals surface area (Å²) in [6, 6.07) is 0.505. The highest BCUT2D eigenvalue weighted by molar-refractivity contribution is 4.70. The molecule has 0 aromatic carbocycles. The summed E-state index contributed by atoms with van der Waals surface area (Å²) < 4.78 is 0. The molecule has 0 amide bonds. The first-order valence-corrected chi connectivity index (χ1v) is 3.82. The Bertz CT molecular complexity index is 89.6. The van der Waals surface area contributed by atoms with E-state index in [1.807, 2.05) is 13.8 Å². The van der Waals surface area contributed by atoms with Gasteiger partial charge in [0.1, 0.15) is 0 Å². The van der Waals surface area contributed by atoms with Crippen LogP contribution in [0.3, 0.4) is 0 Å². The zero-order valence-corrected chi connectivity index (χ0v) is 7.44. The van der Waals surface area contributed by atoms with Crippen LogP contribution in [-0.2, 0) is 0 Å². The predicted octanol–water partition coefficient (Wildman–Crippen LogP) is 1.64. The van der Waals surface area contributed by atoms with Gasteiger partial charge in [0.05, 0.1) is 0 Å². The van der Waals surface area contributed by atoms with Crippen molar-refractivity contribution < 1.29 is 5.11 Å². The van der Waals surface area contributed by atoms with Crippen LogP contribution in [0.2, 0.25) is 0 Å². The van der Waals surface area contributed by atoms with Gasteiger partial charge in [-0.1, -0.05) is 35.1 Å². The van der Waals surface area contributed by atoms with Gasteiger partial charge < -0.3 is 10.4 Å². The first-order chi connectivity index (χ1) is 4.48. The van der Waals surface area contributed by atoms with E-state index < -0.39 is 0 Å². The van der Waals surface area contributed by atoms with Gasteiger partial charge >= 0.3 is 0 Å². The van der Waals surface area contributed by atoms with Gasteiger partial charge in [0.25, 0.3) is 0 Å². The maximum atomic E-state index is 8.87. The van der Waals surface area contributed by atoms with Gasteiger partial charge in [-0.25, -0.2) is 0 Å². The number of aliphatic hydroxyl groups excluding tert-OH is 1. The SMILES string of the molecule is C.CC(C)NCC(C)(C)CO. The zero-order chi connectivity index (χ0) is 8.20. The minimum absolute atomic E-state index is 0. The van der Waals surface area contributed by atoms with E-state index in [1.54, 1.807) is 0 Å². The van der Waals surface area contributed by atoms with Crippen molar-refractivity contribution in [2.45, 2.75) is 41.2 Å². The van der Waals surface area contributed by atoms with Gasteiger partial charge in [-0.05, 0) is 0 Å². The third-order valence-corrected chi connectivity index (χ3v) is 1.42. The van der Waals surface area contributed by atoms with E-state index in [0.717, 1.165) is 6.54 Å². The van der Waals surface area contributed by atoms with E-state index in [1.165, 1.54) is 0 Å². The van der Waals surface area contributed by atoms with Crippen LogP contribution in [0.15, 0.2) is 0 Å². The molecule has 0 radical (unpaired) electrons. The molecule has 0 aliphatic carbocycles. The van der Waals surface area contributed by atoms with Gasteiger partial charge in [0, 0.05) is 24.6 Å². The van der Waals surface area contributed by atoms with Crippen molar-refractivity contribution in [2.75, 3.05) is 13.2 Å². The molecule has 0 atom stereocenters. The van der Waals surface area contributed by atoms with Crippen LogP contribution >= 0.6 is 0 Å². The number of nitrogens with one attached hydrogen (secondary N) is 1. The maximum Gasteiger partial charge on any atom is 0.0494 e. The van der Waals surface area contributed by atoms with Crippen LogP contribution in [-0.4, -0.2) is 24.3 Å².